The zero-order valence-corrected chi connectivity index (χ0v) is 11.8. The minimum atomic E-state index is -0.235. The average Bonchev–Trinajstić information content (AvgIpc) is 2.45. The molecule has 0 radical (unpaired) electrons. The smallest absolute Gasteiger partial charge is 0.123 e. The van der Waals surface area contributed by atoms with Crippen molar-refractivity contribution in [1.29, 1.82) is 0 Å². The van der Waals surface area contributed by atoms with E-state index >= 15 is 0 Å². The Kier molecular flexibility index (Phi) is 4.70. The van der Waals surface area contributed by atoms with Gasteiger partial charge in [0.05, 0.1) is 6.61 Å². The van der Waals surface area contributed by atoms with E-state index < -0.39 is 0 Å². The molecular formula is C18H19FO. The highest BCUT2D eigenvalue weighted by Crippen LogP contribution is 2.31. The summed E-state index contributed by atoms with van der Waals surface area (Å²) in [5.74, 6) is 0.148. The lowest BCUT2D eigenvalue weighted by molar-refractivity contribution is 0.343. The molecule has 2 rings (SSSR count). The fourth-order valence-electron chi connectivity index (χ4n) is 2.32. The predicted molar refractivity (Wildman–Crippen MR) is 82.0 cm³/mol. The Morgan fingerprint density at radius 1 is 1.10 bits per heavy atom. The van der Waals surface area contributed by atoms with Crippen LogP contribution in [0.25, 0.3) is 17.2 Å². The van der Waals surface area contributed by atoms with E-state index in [1.54, 1.807) is 18.2 Å². The van der Waals surface area contributed by atoms with Crippen LogP contribution in [-0.2, 0) is 0 Å². The molecule has 2 aromatic carbocycles. The van der Waals surface area contributed by atoms with Crippen LogP contribution in [-0.4, -0.2) is 11.7 Å². The lowest BCUT2D eigenvalue weighted by Gasteiger charge is -2.15. The molecule has 1 nitrogen and oxygen atoms in total. The molecule has 2 heteroatoms. The standard InChI is InChI=1S/C18H19FO/c1-13(2)16-5-3-6-17(18(16)7-4-12-20)14-8-10-15(19)11-9-14/h3-11,13,20H,12H2,1-2H3/b7-4+. The maximum absolute atomic E-state index is 13.1. The Labute approximate surface area is 119 Å². The van der Waals surface area contributed by atoms with Gasteiger partial charge < -0.3 is 5.11 Å². The Morgan fingerprint density at radius 2 is 1.80 bits per heavy atom. The van der Waals surface area contributed by atoms with Crippen LogP contribution in [0.5, 0.6) is 0 Å². The minimum Gasteiger partial charge on any atom is -0.392 e. The monoisotopic (exact) mass is 270 g/mol. The molecule has 0 fully saturated rings. The van der Waals surface area contributed by atoms with Gasteiger partial charge in [-0.15, -0.1) is 0 Å². The van der Waals surface area contributed by atoms with E-state index in [2.05, 4.69) is 19.9 Å². The molecule has 0 spiro atoms. The molecule has 0 amide bonds. The van der Waals surface area contributed by atoms with Crippen molar-refractivity contribution in [2.24, 2.45) is 0 Å². The quantitative estimate of drug-likeness (QED) is 0.859. The van der Waals surface area contributed by atoms with Crippen LogP contribution >= 0.6 is 0 Å². The molecule has 0 aliphatic heterocycles. The summed E-state index contributed by atoms with van der Waals surface area (Å²) in [6, 6.07) is 12.6. The lowest BCUT2D eigenvalue weighted by atomic mass is 9.90. The molecule has 0 saturated carbocycles. The van der Waals surface area contributed by atoms with E-state index in [1.165, 1.54) is 17.7 Å². The van der Waals surface area contributed by atoms with Gasteiger partial charge in [-0.25, -0.2) is 4.39 Å². The van der Waals surface area contributed by atoms with E-state index in [9.17, 15) is 4.39 Å². The van der Waals surface area contributed by atoms with Crippen LogP contribution in [0.4, 0.5) is 4.39 Å². The molecule has 2 aromatic rings. The minimum absolute atomic E-state index is 0.00921. The summed E-state index contributed by atoms with van der Waals surface area (Å²) in [7, 11) is 0. The first-order chi connectivity index (χ1) is 9.63. The van der Waals surface area contributed by atoms with E-state index in [-0.39, 0.29) is 12.4 Å². The molecule has 0 atom stereocenters. The lowest BCUT2D eigenvalue weighted by Crippen LogP contribution is -1.95. The van der Waals surface area contributed by atoms with Crippen molar-refractivity contribution in [3.8, 4) is 11.1 Å². The second-order valence-corrected chi connectivity index (χ2v) is 5.06. The average molecular weight is 270 g/mol. The number of hydrogen-bond donors (Lipinski definition) is 1. The molecule has 0 bridgehead atoms. The van der Waals surface area contributed by atoms with Crippen molar-refractivity contribution < 1.29 is 9.50 Å². The summed E-state index contributed by atoms with van der Waals surface area (Å²) in [5, 5.41) is 9.02. The summed E-state index contributed by atoms with van der Waals surface area (Å²) in [6.07, 6.45) is 3.67. The summed E-state index contributed by atoms with van der Waals surface area (Å²) >= 11 is 0. The van der Waals surface area contributed by atoms with Crippen molar-refractivity contribution in [3.05, 3.63) is 65.5 Å². The van der Waals surface area contributed by atoms with Gasteiger partial charge in [0, 0.05) is 0 Å². The molecule has 0 saturated heterocycles. The van der Waals surface area contributed by atoms with E-state index in [4.69, 9.17) is 5.11 Å². The molecule has 0 aliphatic rings. The van der Waals surface area contributed by atoms with Crippen LogP contribution < -0.4 is 0 Å². The molecule has 20 heavy (non-hydrogen) atoms. The third-order valence-electron chi connectivity index (χ3n) is 3.31. The highest BCUT2D eigenvalue weighted by atomic mass is 19.1. The van der Waals surface area contributed by atoms with Crippen LogP contribution in [0.15, 0.2) is 48.5 Å². The SMILES string of the molecule is CC(C)c1cccc(-c2ccc(F)cc2)c1/C=C/CO. The van der Waals surface area contributed by atoms with Crippen molar-refractivity contribution in [2.75, 3.05) is 6.61 Å². The molecule has 1 N–H and O–H groups in total. The van der Waals surface area contributed by atoms with Crippen molar-refractivity contribution in [1.82, 2.24) is 0 Å². The van der Waals surface area contributed by atoms with Crippen LogP contribution in [0, 0.1) is 5.82 Å². The van der Waals surface area contributed by atoms with Gasteiger partial charge in [-0.2, -0.15) is 0 Å². The second-order valence-electron chi connectivity index (χ2n) is 5.06. The van der Waals surface area contributed by atoms with E-state index in [0.717, 1.165) is 16.7 Å². The summed E-state index contributed by atoms with van der Waals surface area (Å²) in [6.45, 7) is 4.29. The first kappa shape index (κ1) is 14.5. The van der Waals surface area contributed by atoms with Crippen LogP contribution in [0.3, 0.4) is 0 Å². The predicted octanol–water partition coefficient (Wildman–Crippen LogP) is 4.62. The topological polar surface area (TPSA) is 20.2 Å². The van der Waals surface area contributed by atoms with E-state index in [1.807, 2.05) is 18.2 Å². The third kappa shape index (κ3) is 3.14. The van der Waals surface area contributed by atoms with Gasteiger partial charge in [0.2, 0.25) is 0 Å². The van der Waals surface area contributed by atoms with Gasteiger partial charge in [-0.1, -0.05) is 56.3 Å². The van der Waals surface area contributed by atoms with Crippen LogP contribution in [0.2, 0.25) is 0 Å². The Morgan fingerprint density at radius 3 is 2.40 bits per heavy atom. The Balaban J connectivity index is 2.59. The third-order valence-corrected chi connectivity index (χ3v) is 3.31. The van der Waals surface area contributed by atoms with Crippen molar-refractivity contribution in [3.63, 3.8) is 0 Å². The van der Waals surface area contributed by atoms with Gasteiger partial charge in [0.1, 0.15) is 5.82 Å². The number of benzene rings is 2. The van der Waals surface area contributed by atoms with Gasteiger partial charge in [-0.3, -0.25) is 0 Å². The first-order valence-corrected chi connectivity index (χ1v) is 6.79. The van der Waals surface area contributed by atoms with Crippen molar-refractivity contribution in [2.45, 2.75) is 19.8 Å². The highest BCUT2D eigenvalue weighted by molar-refractivity contribution is 5.77. The van der Waals surface area contributed by atoms with Gasteiger partial charge >= 0.3 is 0 Å². The maximum atomic E-state index is 13.1. The zero-order chi connectivity index (χ0) is 14.5. The molecule has 0 aliphatic carbocycles. The van der Waals surface area contributed by atoms with Gasteiger partial charge in [0.15, 0.2) is 0 Å². The van der Waals surface area contributed by atoms with Crippen LogP contribution in [0.1, 0.15) is 30.9 Å². The zero-order valence-electron chi connectivity index (χ0n) is 11.8. The fourth-order valence-corrected chi connectivity index (χ4v) is 2.32. The molecule has 0 unspecified atom stereocenters. The van der Waals surface area contributed by atoms with Gasteiger partial charge in [0.25, 0.3) is 0 Å². The summed E-state index contributed by atoms with van der Waals surface area (Å²) in [5.41, 5.74) is 4.34. The first-order valence-electron chi connectivity index (χ1n) is 6.79. The molecule has 104 valence electrons. The highest BCUT2D eigenvalue weighted by Gasteiger charge is 2.10. The summed E-state index contributed by atoms with van der Waals surface area (Å²) in [4.78, 5) is 0. The van der Waals surface area contributed by atoms with E-state index in [0.29, 0.717) is 5.92 Å². The number of aliphatic hydroxyl groups is 1. The van der Waals surface area contributed by atoms with Gasteiger partial charge in [-0.05, 0) is 40.3 Å². The summed E-state index contributed by atoms with van der Waals surface area (Å²) < 4.78 is 13.1. The fraction of sp³-hybridized carbons (Fsp3) is 0.222. The second kappa shape index (κ2) is 6.49. The number of rotatable bonds is 4. The maximum Gasteiger partial charge on any atom is 0.123 e. The molecule has 0 heterocycles. The number of aliphatic hydroxyl groups excluding tert-OH is 1. The molecular weight excluding hydrogens is 251 g/mol. The normalized spacial score (nSPS) is 11.4. The Hall–Kier alpha value is -1.93. The van der Waals surface area contributed by atoms with Crippen molar-refractivity contribution >= 4 is 6.08 Å². The largest absolute Gasteiger partial charge is 0.392 e. The number of hydrogen-bond acceptors (Lipinski definition) is 1. The Bertz CT molecular complexity index is 597. The molecule has 0 aromatic heterocycles. The number of halogens is 1.